The zero-order valence-electron chi connectivity index (χ0n) is 12.3. The minimum Gasteiger partial charge on any atom is -0.353 e. The van der Waals surface area contributed by atoms with E-state index in [1.165, 1.54) is 30.6 Å². The number of nitrogens with zero attached hydrogens (tertiary/aromatic N) is 1. The third-order valence-corrected chi connectivity index (χ3v) is 5.14. The molecule has 0 radical (unpaired) electrons. The molecular weight excluding hydrogens is 264 g/mol. The highest BCUT2D eigenvalue weighted by molar-refractivity contribution is 7.09. The molecule has 0 spiro atoms. The van der Waals surface area contributed by atoms with Crippen molar-refractivity contribution in [3.8, 4) is 0 Å². The standard InChI is InChI=1S/C17H24N2S/c1-2-18-17-8-4-3-6-14-12-19(13-16(14)17)10-9-15-7-5-11-20-15/h5,7,11-13,17-18H,2-4,6,8-10H2,1H3. The maximum Gasteiger partial charge on any atom is 0.0337 e. The highest BCUT2D eigenvalue weighted by atomic mass is 32.1. The molecule has 0 saturated carbocycles. The van der Waals surface area contributed by atoms with Crippen molar-refractivity contribution in [2.45, 2.75) is 51.6 Å². The Morgan fingerprint density at radius 3 is 3.10 bits per heavy atom. The lowest BCUT2D eigenvalue weighted by Gasteiger charge is -2.15. The predicted octanol–water partition coefficient (Wildman–Crippen LogP) is 4.17. The number of rotatable bonds is 5. The first-order valence-electron chi connectivity index (χ1n) is 7.81. The Morgan fingerprint density at radius 1 is 1.35 bits per heavy atom. The summed E-state index contributed by atoms with van der Waals surface area (Å²) < 4.78 is 2.40. The third-order valence-electron chi connectivity index (χ3n) is 4.21. The first kappa shape index (κ1) is 13.9. The first-order chi connectivity index (χ1) is 9.86. The van der Waals surface area contributed by atoms with Crippen LogP contribution in [0.25, 0.3) is 0 Å². The van der Waals surface area contributed by atoms with Gasteiger partial charge in [0.15, 0.2) is 0 Å². The molecule has 0 aromatic carbocycles. The number of aryl methyl sites for hydroxylation is 3. The maximum absolute atomic E-state index is 3.65. The molecule has 20 heavy (non-hydrogen) atoms. The first-order valence-corrected chi connectivity index (χ1v) is 8.69. The Balaban J connectivity index is 1.72. The minimum absolute atomic E-state index is 0.570. The molecule has 3 heteroatoms. The number of thiophene rings is 1. The van der Waals surface area contributed by atoms with Crippen molar-refractivity contribution in [2.75, 3.05) is 6.54 Å². The summed E-state index contributed by atoms with van der Waals surface area (Å²) in [5.74, 6) is 0. The number of hydrogen-bond donors (Lipinski definition) is 1. The van der Waals surface area contributed by atoms with Gasteiger partial charge in [0.05, 0.1) is 0 Å². The molecular formula is C17H24N2S. The maximum atomic E-state index is 3.65. The summed E-state index contributed by atoms with van der Waals surface area (Å²) >= 11 is 1.86. The van der Waals surface area contributed by atoms with Crippen molar-refractivity contribution in [1.82, 2.24) is 9.88 Å². The van der Waals surface area contributed by atoms with E-state index in [1.807, 2.05) is 11.3 Å². The van der Waals surface area contributed by atoms with Crippen LogP contribution in [0.2, 0.25) is 0 Å². The van der Waals surface area contributed by atoms with Gasteiger partial charge in [-0.15, -0.1) is 11.3 Å². The van der Waals surface area contributed by atoms with E-state index in [0.29, 0.717) is 6.04 Å². The molecule has 1 atom stereocenters. The van der Waals surface area contributed by atoms with Crippen molar-refractivity contribution in [3.63, 3.8) is 0 Å². The largest absolute Gasteiger partial charge is 0.353 e. The molecule has 0 aliphatic heterocycles. The van der Waals surface area contributed by atoms with Crippen molar-refractivity contribution in [2.24, 2.45) is 0 Å². The van der Waals surface area contributed by atoms with Gasteiger partial charge in [0.25, 0.3) is 0 Å². The van der Waals surface area contributed by atoms with Crippen LogP contribution in [0.15, 0.2) is 29.9 Å². The molecule has 2 aromatic heterocycles. The fourth-order valence-corrected chi connectivity index (χ4v) is 3.90. The number of aromatic nitrogens is 1. The Bertz CT molecular complexity index is 527. The lowest BCUT2D eigenvalue weighted by Crippen LogP contribution is -2.20. The van der Waals surface area contributed by atoms with Crippen LogP contribution in [0.5, 0.6) is 0 Å². The van der Waals surface area contributed by atoms with Gasteiger partial charge in [0, 0.05) is 29.9 Å². The van der Waals surface area contributed by atoms with E-state index in [1.54, 1.807) is 11.1 Å². The summed E-state index contributed by atoms with van der Waals surface area (Å²) in [6, 6.07) is 4.95. The van der Waals surface area contributed by atoms with Crippen LogP contribution in [0.4, 0.5) is 0 Å². The fraction of sp³-hybridized carbons (Fsp3) is 0.529. The lowest BCUT2D eigenvalue weighted by molar-refractivity contribution is 0.501. The Labute approximate surface area is 125 Å². The number of fused-ring (bicyclic) bond motifs is 1. The van der Waals surface area contributed by atoms with Gasteiger partial charge in [-0.25, -0.2) is 0 Å². The van der Waals surface area contributed by atoms with E-state index in [-0.39, 0.29) is 0 Å². The molecule has 3 rings (SSSR count). The normalized spacial score (nSPS) is 18.8. The van der Waals surface area contributed by atoms with Crippen molar-refractivity contribution in [1.29, 1.82) is 0 Å². The van der Waals surface area contributed by atoms with Crippen LogP contribution in [0.1, 0.15) is 48.2 Å². The van der Waals surface area contributed by atoms with Gasteiger partial charge < -0.3 is 9.88 Å². The molecule has 0 saturated heterocycles. The number of hydrogen-bond acceptors (Lipinski definition) is 2. The summed E-state index contributed by atoms with van der Waals surface area (Å²) in [6.45, 7) is 4.37. The predicted molar refractivity (Wildman–Crippen MR) is 86.4 cm³/mol. The van der Waals surface area contributed by atoms with Gasteiger partial charge in [0.2, 0.25) is 0 Å². The number of nitrogens with one attached hydrogen (secondary N) is 1. The molecule has 2 nitrogen and oxygen atoms in total. The van der Waals surface area contributed by atoms with Gasteiger partial charge in [-0.1, -0.05) is 19.4 Å². The van der Waals surface area contributed by atoms with E-state index < -0.39 is 0 Å². The Hall–Kier alpha value is -1.06. The molecule has 0 bridgehead atoms. The van der Waals surface area contributed by atoms with E-state index >= 15 is 0 Å². The highest BCUT2D eigenvalue weighted by Gasteiger charge is 2.19. The monoisotopic (exact) mass is 288 g/mol. The molecule has 1 N–H and O–H groups in total. The van der Waals surface area contributed by atoms with Crippen LogP contribution in [-0.2, 0) is 19.4 Å². The average Bonchev–Trinajstić information content (AvgIpc) is 3.06. The molecule has 0 amide bonds. The van der Waals surface area contributed by atoms with E-state index in [0.717, 1.165) is 19.5 Å². The zero-order valence-corrected chi connectivity index (χ0v) is 13.1. The summed E-state index contributed by atoms with van der Waals surface area (Å²) in [5, 5.41) is 5.82. The van der Waals surface area contributed by atoms with Crippen molar-refractivity contribution >= 4 is 11.3 Å². The summed E-state index contributed by atoms with van der Waals surface area (Å²) in [4.78, 5) is 1.48. The van der Waals surface area contributed by atoms with Gasteiger partial charge in [-0.3, -0.25) is 0 Å². The SMILES string of the molecule is CCNC1CCCCc2cn(CCc3cccs3)cc21. The lowest BCUT2D eigenvalue weighted by atomic mass is 10.0. The van der Waals surface area contributed by atoms with Crippen LogP contribution >= 0.6 is 11.3 Å². The summed E-state index contributed by atoms with van der Waals surface area (Å²) in [6.07, 6.45) is 11.2. The average molecular weight is 288 g/mol. The molecule has 1 unspecified atom stereocenters. The van der Waals surface area contributed by atoms with Crippen LogP contribution in [0.3, 0.4) is 0 Å². The van der Waals surface area contributed by atoms with Crippen LogP contribution in [-0.4, -0.2) is 11.1 Å². The molecule has 1 aliphatic carbocycles. The van der Waals surface area contributed by atoms with Crippen molar-refractivity contribution in [3.05, 3.63) is 45.9 Å². The summed E-state index contributed by atoms with van der Waals surface area (Å²) in [5.41, 5.74) is 3.12. The fourth-order valence-electron chi connectivity index (χ4n) is 3.20. The second-order valence-corrected chi connectivity index (χ2v) is 6.69. The van der Waals surface area contributed by atoms with Gasteiger partial charge in [-0.2, -0.15) is 0 Å². The third kappa shape index (κ3) is 3.15. The van der Waals surface area contributed by atoms with Crippen LogP contribution in [0, 0.1) is 0 Å². The van der Waals surface area contributed by atoms with Crippen molar-refractivity contribution < 1.29 is 0 Å². The highest BCUT2D eigenvalue weighted by Crippen LogP contribution is 2.29. The van der Waals surface area contributed by atoms with Gasteiger partial charge in [0.1, 0.15) is 0 Å². The van der Waals surface area contributed by atoms with Gasteiger partial charge >= 0.3 is 0 Å². The minimum atomic E-state index is 0.570. The molecule has 2 heterocycles. The zero-order chi connectivity index (χ0) is 13.8. The molecule has 108 valence electrons. The van der Waals surface area contributed by atoms with E-state index in [2.05, 4.69) is 46.7 Å². The second kappa shape index (κ2) is 6.59. The topological polar surface area (TPSA) is 17.0 Å². The van der Waals surface area contributed by atoms with E-state index in [9.17, 15) is 0 Å². The van der Waals surface area contributed by atoms with E-state index in [4.69, 9.17) is 0 Å². The Kier molecular flexibility index (Phi) is 4.58. The van der Waals surface area contributed by atoms with Crippen LogP contribution < -0.4 is 5.32 Å². The molecule has 1 aliphatic rings. The molecule has 0 fully saturated rings. The quantitative estimate of drug-likeness (QED) is 0.817. The van der Waals surface area contributed by atoms with Gasteiger partial charge in [-0.05, 0) is 54.8 Å². The molecule has 2 aromatic rings. The Morgan fingerprint density at radius 2 is 2.30 bits per heavy atom. The summed E-state index contributed by atoms with van der Waals surface area (Å²) in [7, 11) is 0. The second-order valence-electron chi connectivity index (χ2n) is 5.66. The smallest absolute Gasteiger partial charge is 0.0337 e.